The molecule has 0 fully saturated rings. The third kappa shape index (κ3) is 2.05. The van der Waals surface area contributed by atoms with Gasteiger partial charge in [0.1, 0.15) is 0 Å². The van der Waals surface area contributed by atoms with E-state index in [-0.39, 0.29) is 0 Å². The van der Waals surface area contributed by atoms with Crippen LogP contribution in [0.5, 0.6) is 0 Å². The lowest BCUT2D eigenvalue weighted by Gasteiger charge is -2.00. The van der Waals surface area contributed by atoms with Crippen LogP contribution >= 0.6 is 39.0 Å². The van der Waals surface area contributed by atoms with Gasteiger partial charge in [-0.25, -0.2) is 0 Å². The second kappa shape index (κ2) is 4.51. The van der Waals surface area contributed by atoms with E-state index in [1.54, 1.807) is 23.1 Å². The van der Waals surface area contributed by atoms with Gasteiger partial charge in [-0.05, 0) is 51.3 Å². The van der Waals surface area contributed by atoms with E-state index in [1.807, 2.05) is 0 Å². The van der Waals surface area contributed by atoms with Gasteiger partial charge < -0.3 is 0 Å². The van der Waals surface area contributed by atoms with Gasteiger partial charge in [0.25, 0.3) is 0 Å². The van der Waals surface area contributed by atoms with Crippen LogP contribution in [0.4, 0.5) is 0 Å². The first kappa shape index (κ1) is 10.3. The SMILES string of the molecule is CSc1ccc(-c2ccsc2Br)cc1. The summed E-state index contributed by atoms with van der Waals surface area (Å²) < 4.78 is 1.20. The average molecular weight is 285 g/mol. The van der Waals surface area contributed by atoms with Crippen LogP contribution in [0.2, 0.25) is 0 Å². The Balaban J connectivity index is 2.39. The molecular weight excluding hydrogens is 276 g/mol. The Hall–Kier alpha value is -0.250. The molecule has 3 heteroatoms. The zero-order chi connectivity index (χ0) is 9.97. The molecule has 1 aromatic heterocycles. The molecular formula is C11H9BrS2. The molecule has 0 atom stereocenters. The fraction of sp³-hybridized carbons (Fsp3) is 0.0909. The molecule has 1 aromatic carbocycles. The molecule has 0 saturated carbocycles. The van der Waals surface area contributed by atoms with Gasteiger partial charge in [-0.1, -0.05) is 12.1 Å². The number of halogens is 1. The topological polar surface area (TPSA) is 0 Å². The number of hydrogen-bond acceptors (Lipinski definition) is 2. The van der Waals surface area contributed by atoms with Crippen molar-refractivity contribution >= 4 is 39.0 Å². The van der Waals surface area contributed by atoms with E-state index in [4.69, 9.17) is 0 Å². The summed E-state index contributed by atoms with van der Waals surface area (Å²) in [5.74, 6) is 0. The Morgan fingerprint density at radius 3 is 2.36 bits per heavy atom. The van der Waals surface area contributed by atoms with Gasteiger partial charge in [-0.3, -0.25) is 0 Å². The molecule has 0 radical (unpaired) electrons. The number of benzene rings is 1. The zero-order valence-corrected chi connectivity index (χ0v) is 10.9. The molecule has 0 bridgehead atoms. The number of thioether (sulfide) groups is 1. The summed E-state index contributed by atoms with van der Waals surface area (Å²) in [6.07, 6.45) is 2.09. The molecule has 72 valence electrons. The van der Waals surface area contributed by atoms with Gasteiger partial charge in [0.05, 0.1) is 3.79 Å². The Labute approximate surface area is 100 Å². The monoisotopic (exact) mass is 284 g/mol. The normalized spacial score (nSPS) is 10.4. The predicted molar refractivity (Wildman–Crippen MR) is 69.2 cm³/mol. The standard InChI is InChI=1S/C11H9BrS2/c1-13-9-4-2-8(3-5-9)10-6-7-14-11(10)12/h2-7H,1H3. The van der Waals surface area contributed by atoms with Crippen molar-refractivity contribution < 1.29 is 0 Å². The first-order valence-corrected chi connectivity index (χ1v) is 7.08. The van der Waals surface area contributed by atoms with Crippen LogP contribution < -0.4 is 0 Å². The van der Waals surface area contributed by atoms with Crippen molar-refractivity contribution in [3.63, 3.8) is 0 Å². The molecule has 14 heavy (non-hydrogen) atoms. The van der Waals surface area contributed by atoms with Gasteiger partial charge in [0.2, 0.25) is 0 Å². The van der Waals surface area contributed by atoms with Crippen LogP contribution in [0.1, 0.15) is 0 Å². The highest BCUT2D eigenvalue weighted by atomic mass is 79.9. The summed E-state index contributed by atoms with van der Waals surface area (Å²) in [4.78, 5) is 1.31. The maximum atomic E-state index is 3.55. The Kier molecular flexibility index (Phi) is 3.31. The summed E-state index contributed by atoms with van der Waals surface area (Å²) in [7, 11) is 0. The molecule has 0 saturated heterocycles. The lowest BCUT2D eigenvalue weighted by atomic mass is 10.1. The maximum Gasteiger partial charge on any atom is 0.0776 e. The molecule has 0 aliphatic heterocycles. The molecule has 1 heterocycles. The van der Waals surface area contributed by atoms with Crippen LogP contribution in [0, 0.1) is 0 Å². The number of hydrogen-bond donors (Lipinski definition) is 0. The second-order valence-electron chi connectivity index (χ2n) is 2.84. The summed E-state index contributed by atoms with van der Waals surface area (Å²) >= 11 is 7.04. The Bertz CT molecular complexity index is 417. The first-order valence-electron chi connectivity index (χ1n) is 4.18. The van der Waals surface area contributed by atoms with Gasteiger partial charge in [-0.2, -0.15) is 0 Å². The number of rotatable bonds is 2. The van der Waals surface area contributed by atoms with Crippen molar-refractivity contribution in [2.45, 2.75) is 4.90 Å². The molecule has 0 aliphatic rings. The van der Waals surface area contributed by atoms with Gasteiger partial charge in [0, 0.05) is 10.5 Å². The van der Waals surface area contributed by atoms with Crippen LogP contribution in [0.25, 0.3) is 11.1 Å². The minimum atomic E-state index is 1.20. The van der Waals surface area contributed by atoms with E-state index < -0.39 is 0 Å². The van der Waals surface area contributed by atoms with Crippen LogP contribution in [0.3, 0.4) is 0 Å². The first-order chi connectivity index (χ1) is 6.81. The average Bonchev–Trinajstić information content (AvgIpc) is 2.65. The highest BCUT2D eigenvalue weighted by Gasteiger charge is 2.03. The molecule has 0 nitrogen and oxygen atoms in total. The quantitative estimate of drug-likeness (QED) is 0.707. The lowest BCUT2D eigenvalue weighted by molar-refractivity contribution is 1.47. The third-order valence-electron chi connectivity index (χ3n) is 2.02. The molecule has 0 spiro atoms. The van der Waals surface area contributed by atoms with Crippen LogP contribution in [-0.2, 0) is 0 Å². The Morgan fingerprint density at radius 1 is 1.14 bits per heavy atom. The van der Waals surface area contributed by atoms with E-state index in [9.17, 15) is 0 Å². The summed E-state index contributed by atoms with van der Waals surface area (Å²) in [6.45, 7) is 0. The van der Waals surface area contributed by atoms with Crippen molar-refractivity contribution in [1.29, 1.82) is 0 Å². The highest BCUT2D eigenvalue weighted by molar-refractivity contribution is 9.11. The predicted octanol–water partition coefficient (Wildman–Crippen LogP) is 4.90. The smallest absolute Gasteiger partial charge is 0.0776 e. The van der Waals surface area contributed by atoms with E-state index in [0.717, 1.165) is 0 Å². The molecule has 2 aromatic rings. The fourth-order valence-electron chi connectivity index (χ4n) is 1.27. The zero-order valence-electron chi connectivity index (χ0n) is 7.66. The van der Waals surface area contributed by atoms with Gasteiger partial charge >= 0.3 is 0 Å². The van der Waals surface area contributed by atoms with E-state index in [0.29, 0.717) is 0 Å². The largest absolute Gasteiger partial charge is 0.136 e. The van der Waals surface area contributed by atoms with E-state index >= 15 is 0 Å². The second-order valence-corrected chi connectivity index (χ2v) is 5.95. The van der Waals surface area contributed by atoms with Crippen molar-refractivity contribution in [2.24, 2.45) is 0 Å². The molecule has 0 unspecified atom stereocenters. The molecule has 0 amide bonds. The van der Waals surface area contributed by atoms with Crippen LogP contribution in [0.15, 0.2) is 44.4 Å². The maximum absolute atomic E-state index is 3.55. The minimum Gasteiger partial charge on any atom is -0.136 e. The minimum absolute atomic E-state index is 1.20. The summed E-state index contributed by atoms with van der Waals surface area (Å²) in [6, 6.07) is 10.8. The van der Waals surface area contributed by atoms with Crippen LogP contribution in [-0.4, -0.2) is 6.26 Å². The summed E-state index contributed by atoms with van der Waals surface area (Å²) in [5.41, 5.74) is 2.55. The van der Waals surface area contributed by atoms with E-state index in [1.165, 1.54) is 19.8 Å². The third-order valence-corrected chi connectivity index (χ3v) is 4.45. The molecule has 0 aliphatic carbocycles. The molecule has 0 N–H and O–H groups in total. The van der Waals surface area contributed by atoms with Crippen molar-refractivity contribution in [3.8, 4) is 11.1 Å². The molecule has 2 rings (SSSR count). The lowest BCUT2D eigenvalue weighted by Crippen LogP contribution is -1.74. The summed E-state index contributed by atoms with van der Waals surface area (Å²) in [5, 5.41) is 2.10. The Morgan fingerprint density at radius 2 is 1.86 bits per heavy atom. The van der Waals surface area contributed by atoms with Crippen molar-refractivity contribution in [1.82, 2.24) is 0 Å². The fourth-order valence-corrected chi connectivity index (χ4v) is 3.00. The van der Waals surface area contributed by atoms with Crippen molar-refractivity contribution in [3.05, 3.63) is 39.5 Å². The highest BCUT2D eigenvalue weighted by Crippen LogP contribution is 2.33. The van der Waals surface area contributed by atoms with Gasteiger partial charge in [0.15, 0.2) is 0 Å². The van der Waals surface area contributed by atoms with Gasteiger partial charge in [-0.15, -0.1) is 23.1 Å². The van der Waals surface area contributed by atoms with E-state index in [2.05, 4.69) is 57.9 Å². The number of thiophene rings is 1. The van der Waals surface area contributed by atoms with Crippen molar-refractivity contribution in [2.75, 3.05) is 6.26 Å².